The van der Waals surface area contributed by atoms with Crippen LogP contribution in [0.1, 0.15) is 26.2 Å². The number of nitrogens with one attached hydrogen (secondary N) is 1. The summed E-state index contributed by atoms with van der Waals surface area (Å²) < 4.78 is 0. The van der Waals surface area contributed by atoms with Gasteiger partial charge in [-0.15, -0.1) is 0 Å². The van der Waals surface area contributed by atoms with Gasteiger partial charge in [-0.2, -0.15) is 0 Å². The second-order valence-corrected chi connectivity index (χ2v) is 3.48. The third kappa shape index (κ3) is 3.09. The van der Waals surface area contributed by atoms with E-state index >= 15 is 0 Å². The molecule has 1 unspecified atom stereocenters. The summed E-state index contributed by atoms with van der Waals surface area (Å²) in [5.41, 5.74) is 0. The Kier molecular flexibility index (Phi) is 2.92. The van der Waals surface area contributed by atoms with Gasteiger partial charge in [-0.05, 0) is 19.3 Å². The van der Waals surface area contributed by atoms with Crippen molar-refractivity contribution in [1.29, 1.82) is 0 Å². The smallest absolute Gasteiger partial charge is 0.404 e. The highest BCUT2D eigenvalue weighted by molar-refractivity contribution is 5.64. The molecule has 0 aromatic rings. The van der Waals surface area contributed by atoms with Gasteiger partial charge in [0.15, 0.2) is 0 Å². The van der Waals surface area contributed by atoms with Crippen LogP contribution in [0.5, 0.6) is 0 Å². The lowest BCUT2D eigenvalue weighted by molar-refractivity contribution is 0.113. The Morgan fingerprint density at radius 3 is 2.67 bits per heavy atom. The summed E-state index contributed by atoms with van der Waals surface area (Å²) in [7, 11) is 0. The van der Waals surface area contributed by atoms with Crippen LogP contribution in [-0.2, 0) is 0 Å². The number of amides is 1. The lowest BCUT2D eigenvalue weighted by Crippen LogP contribution is -2.40. The minimum atomic E-state index is -1.07. The van der Waals surface area contributed by atoms with Crippen LogP contribution in [0, 0.1) is 5.92 Å². The highest BCUT2D eigenvalue weighted by Crippen LogP contribution is 2.33. The molecule has 0 saturated heterocycles. The Labute approximate surface area is 71.6 Å². The molecule has 0 bridgehead atoms. The molecule has 2 atom stereocenters. The maximum Gasteiger partial charge on any atom is 0.404 e. The van der Waals surface area contributed by atoms with E-state index in [0.717, 1.165) is 6.42 Å². The van der Waals surface area contributed by atoms with Crippen molar-refractivity contribution in [1.82, 2.24) is 5.32 Å². The first-order valence-electron chi connectivity index (χ1n) is 4.27. The number of carbonyl (C=O) groups is 1. The zero-order valence-corrected chi connectivity index (χ0v) is 7.16. The number of rotatable bonds is 4. The molecule has 1 aliphatic carbocycles. The van der Waals surface area contributed by atoms with Crippen molar-refractivity contribution in [3.05, 3.63) is 0 Å². The summed E-state index contributed by atoms with van der Waals surface area (Å²) in [6.07, 6.45) is 1.47. The molecule has 0 aliphatic heterocycles. The normalized spacial score (nSPS) is 21.5. The van der Waals surface area contributed by atoms with Crippen LogP contribution in [-0.4, -0.2) is 28.5 Å². The predicted octanol–water partition coefficient (Wildman–Crippen LogP) is 0.803. The van der Waals surface area contributed by atoms with E-state index in [1.807, 2.05) is 0 Å². The molecule has 0 heterocycles. The van der Waals surface area contributed by atoms with Crippen molar-refractivity contribution < 1.29 is 15.0 Å². The highest BCUT2D eigenvalue weighted by Gasteiger charge is 2.27. The van der Waals surface area contributed by atoms with Gasteiger partial charge in [0, 0.05) is 0 Å². The molecule has 12 heavy (non-hydrogen) atoms. The molecule has 1 rings (SSSR count). The first-order chi connectivity index (χ1) is 5.59. The van der Waals surface area contributed by atoms with Crippen LogP contribution in [0.4, 0.5) is 4.79 Å². The van der Waals surface area contributed by atoms with Crippen LogP contribution < -0.4 is 5.32 Å². The van der Waals surface area contributed by atoms with E-state index in [-0.39, 0.29) is 6.04 Å². The van der Waals surface area contributed by atoms with Crippen molar-refractivity contribution in [3.8, 4) is 0 Å². The van der Waals surface area contributed by atoms with E-state index in [1.54, 1.807) is 6.92 Å². The molecule has 4 heteroatoms. The first-order valence-corrected chi connectivity index (χ1v) is 4.27. The average Bonchev–Trinajstić information content (AvgIpc) is 2.70. The van der Waals surface area contributed by atoms with Crippen LogP contribution in [0.3, 0.4) is 0 Å². The summed E-state index contributed by atoms with van der Waals surface area (Å²) in [6.45, 7) is 1.68. The number of carboxylic acid groups (broad SMARTS) is 1. The molecule has 4 nitrogen and oxygen atoms in total. The van der Waals surface area contributed by atoms with E-state index in [0.29, 0.717) is 5.92 Å². The van der Waals surface area contributed by atoms with Crippen molar-refractivity contribution in [2.75, 3.05) is 0 Å². The number of aliphatic hydroxyl groups is 1. The molecule has 1 fully saturated rings. The fourth-order valence-corrected chi connectivity index (χ4v) is 1.19. The molecule has 1 aliphatic rings. The van der Waals surface area contributed by atoms with E-state index in [2.05, 4.69) is 5.32 Å². The Balaban J connectivity index is 2.19. The Bertz CT molecular complexity index is 168. The summed E-state index contributed by atoms with van der Waals surface area (Å²) in [6, 6.07) is -0.358. The van der Waals surface area contributed by atoms with E-state index in [9.17, 15) is 9.90 Å². The van der Waals surface area contributed by atoms with E-state index in [1.165, 1.54) is 12.8 Å². The Morgan fingerprint density at radius 1 is 1.67 bits per heavy atom. The van der Waals surface area contributed by atoms with Gasteiger partial charge in [0.05, 0.1) is 12.1 Å². The van der Waals surface area contributed by atoms with Crippen LogP contribution >= 0.6 is 0 Å². The molecular formula is C8H15NO3. The van der Waals surface area contributed by atoms with Crippen molar-refractivity contribution >= 4 is 6.09 Å². The van der Waals surface area contributed by atoms with Crippen molar-refractivity contribution in [2.24, 2.45) is 5.92 Å². The van der Waals surface area contributed by atoms with Gasteiger partial charge in [0.1, 0.15) is 0 Å². The Hall–Kier alpha value is -0.770. The van der Waals surface area contributed by atoms with Gasteiger partial charge < -0.3 is 15.5 Å². The maximum absolute atomic E-state index is 10.2. The number of aliphatic hydroxyl groups excluding tert-OH is 1. The van der Waals surface area contributed by atoms with Gasteiger partial charge in [0.25, 0.3) is 0 Å². The monoisotopic (exact) mass is 173 g/mol. The van der Waals surface area contributed by atoms with E-state index in [4.69, 9.17) is 5.11 Å². The Morgan fingerprint density at radius 2 is 2.25 bits per heavy atom. The third-order valence-electron chi connectivity index (χ3n) is 2.20. The van der Waals surface area contributed by atoms with Gasteiger partial charge in [0.2, 0.25) is 0 Å². The number of hydrogen-bond acceptors (Lipinski definition) is 2. The molecule has 0 spiro atoms. The molecule has 1 saturated carbocycles. The molecule has 0 radical (unpaired) electrons. The zero-order chi connectivity index (χ0) is 9.14. The largest absolute Gasteiger partial charge is 0.465 e. The number of hydrogen-bond donors (Lipinski definition) is 3. The lowest BCUT2D eigenvalue weighted by Gasteiger charge is -2.17. The molecule has 0 aromatic heterocycles. The molecule has 1 amide bonds. The van der Waals surface area contributed by atoms with Gasteiger partial charge in [-0.3, -0.25) is 0 Å². The van der Waals surface area contributed by atoms with Gasteiger partial charge in [-0.25, -0.2) is 4.79 Å². The maximum atomic E-state index is 10.2. The lowest BCUT2D eigenvalue weighted by atomic mass is 10.1. The van der Waals surface area contributed by atoms with Crippen molar-refractivity contribution in [2.45, 2.75) is 38.3 Å². The minimum absolute atomic E-state index is 0.358. The molecule has 3 N–H and O–H groups in total. The standard InChI is InChI=1S/C8H15NO3/c1-5(9-8(11)12)7(10)4-6-2-3-6/h5-7,9-10H,2-4H2,1H3,(H,11,12)/t5-,7?/m0/s1. The van der Waals surface area contributed by atoms with Crippen LogP contribution in [0.2, 0.25) is 0 Å². The average molecular weight is 173 g/mol. The molecular weight excluding hydrogens is 158 g/mol. The highest BCUT2D eigenvalue weighted by atomic mass is 16.4. The van der Waals surface area contributed by atoms with Gasteiger partial charge >= 0.3 is 6.09 Å². The third-order valence-corrected chi connectivity index (χ3v) is 2.20. The minimum Gasteiger partial charge on any atom is -0.465 e. The van der Waals surface area contributed by atoms with Gasteiger partial charge in [-0.1, -0.05) is 12.8 Å². The summed E-state index contributed by atoms with van der Waals surface area (Å²) in [5, 5.41) is 20.1. The SMILES string of the molecule is C[C@H](NC(=O)O)C(O)CC1CC1. The zero-order valence-electron chi connectivity index (χ0n) is 7.16. The van der Waals surface area contributed by atoms with Crippen LogP contribution in [0.25, 0.3) is 0 Å². The van der Waals surface area contributed by atoms with Crippen LogP contribution in [0.15, 0.2) is 0 Å². The second-order valence-electron chi connectivity index (χ2n) is 3.48. The molecule has 0 aromatic carbocycles. The quantitative estimate of drug-likeness (QED) is 0.589. The van der Waals surface area contributed by atoms with Crippen molar-refractivity contribution in [3.63, 3.8) is 0 Å². The van der Waals surface area contributed by atoms with E-state index < -0.39 is 12.2 Å². The predicted molar refractivity (Wildman–Crippen MR) is 44.0 cm³/mol. The summed E-state index contributed by atoms with van der Waals surface area (Å²) in [4.78, 5) is 10.2. The molecule has 70 valence electrons. The first kappa shape index (κ1) is 9.32. The fourth-order valence-electron chi connectivity index (χ4n) is 1.19. The second kappa shape index (κ2) is 3.76. The summed E-state index contributed by atoms with van der Waals surface area (Å²) in [5.74, 6) is 0.623. The summed E-state index contributed by atoms with van der Waals surface area (Å²) >= 11 is 0. The fraction of sp³-hybridized carbons (Fsp3) is 0.875. The topological polar surface area (TPSA) is 69.6 Å².